The summed E-state index contributed by atoms with van der Waals surface area (Å²) in [6.07, 6.45) is 0. The molecule has 0 bridgehead atoms. The minimum Gasteiger partial charge on any atom is -0.376 e. The molecule has 1 rings (SSSR count). The molecule has 0 aliphatic rings. The van der Waals surface area contributed by atoms with Crippen molar-refractivity contribution in [2.75, 3.05) is 11.9 Å². The van der Waals surface area contributed by atoms with Crippen LogP contribution in [-0.4, -0.2) is 18.5 Å². The summed E-state index contributed by atoms with van der Waals surface area (Å²) in [6, 6.07) is 6.33. The van der Waals surface area contributed by atoms with Crippen molar-refractivity contribution >= 4 is 11.6 Å². The van der Waals surface area contributed by atoms with Gasteiger partial charge >= 0.3 is 0 Å². The van der Waals surface area contributed by atoms with Gasteiger partial charge in [0, 0.05) is 11.7 Å². The Morgan fingerprint density at radius 2 is 2.00 bits per heavy atom. The molecule has 0 fully saturated rings. The van der Waals surface area contributed by atoms with Crippen LogP contribution in [0, 0.1) is 13.8 Å². The van der Waals surface area contributed by atoms with Gasteiger partial charge < -0.3 is 10.6 Å². The molecule has 0 unspecified atom stereocenters. The van der Waals surface area contributed by atoms with Crippen LogP contribution in [0.15, 0.2) is 18.2 Å². The predicted molar refractivity (Wildman–Crippen MR) is 67.7 cm³/mol. The van der Waals surface area contributed by atoms with E-state index in [9.17, 15) is 4.79 Å². The first-order valence-electron chi connectivity index (χ1n) is 5.59. The molecule has 88 valence electrons. The maximum atomic E-state index is 11.4. The van der Waals surface area contributed by atoms with E-state index in [1.807, 2.05) is 32.9 Å². The Kier molecular flexibility index (Phi) is 4.35. The average Bonchev–Trinajstić information content (AvgIpc) is 2.15. The van der Waals surface area contributed by atoms with E-state index < -0.39 is 0 Å². The van der Waals surface area contributed by atoms with Crippen molar-refractivity contribution in [2.24, 2.45) is 0 Å². The van der Waals surface area contributed by atoms with Gasteiger partial charge in [0.1, 0.15) is 0 Å². The summed E-state index contributed by atoms with van der Waals surface area (Å²) in [5.41, 5.74) is 3.41. The van der Waals surface area contributed by atoms with E-state index in [0.717, 1.165) is 11.3 Å². The summed E-state index contributed by atoms with van der Waals surface area (Å²) < 4.78 is 0. The van der Waals surface area contributed by atoms with Crippen LogP contribution < -0.4 is 10.6 Å². The Bertz CT molecular complexity index is 372. The molecule has 0 radical (unpaired) electrons. The smallest absolute Gasteiger partial charge is 0.239 e. The highest BCUT2D eigenvalue weighted by atomic mass is 16.1. The molecular weight excluding hydrogens is 200 g/mol. The van der Waals surface area contributed by atoms with E-state index in [0.29, 0.717) is 6.54 Å². The van der Waals surface area contributed by atoms with Gasteiger partial charge in [0.2, 0.25) is 5.91 Å². The second-order valence-electron chi connectivity index (χ2n) is 4.39. The number of carbonyl (C=O) groups is 1. The molecule has 0 saturated carbocycles. The molecule has 0 heterocycles. The molecule has 3 nitrogen and oxygen atoms in total. The lowest BCUT2D eigenvalue weighted by molar-refractivity contribution is -0.119. The third-order valence-electron chi connectivity index (χ3n) is 2.27. The number of hydrogen-bond donors (Lipinski definition) is 2. The molecule has 0 atom stereocenters. The fourth-order valence-corrected chi connectivity index (χ4v) is 1.56. The maximum absolute atomic E-state index is 11.4. The minimum atomic E-state index is 0.0231. The fourth-order valence-electron chi connectivity index (χ4n) is 1.56. The summed E-state index contributed by atoms with van der Waals surface area (Å²) in [6.45, 7) is 8.32. The maximum Gasteiger partial charge on any atom is 0.239 e. The quantitative estimate of drug-likeness (QED) is 0.817. The third-order valence-corrected chi connectivity index (χ3v) is 2.27. The summed E-state index contributed by atoms with van der Waals surface area (Å²) in [7, 11) is 0. The van der Waals surface area contributed by atoms with Crippen LogP contribution in [0.2, 0.25) is 0 Å². The van der Waals surface area contributed by atoms with Crippen LogP contribution in [-0.2, 0) is 4.79 Å². The Morgan fingerprint density at radius 3 is 2.56 bits per heavy atom. The molecule has 2 N–H and O–H groups in total. The van der Waals surface area contributed by atoms with Crippen LogP contribution >= 0.6 is 0 Å². The van der Waals surface area contributed by atoms with Crippen molar-refractivity contribution in [3.8, 4) is 0 Å². The monoisotopic (exact) mass is 220 g/mol. The first kappa shape index (κ1) is 12.6. The Balaban J connectivity index is 2.51. The second-order valence-corrected chi connectivity index (χ2v) is 4.39. The Hall–Kier alpha value is -1.51. The molecule has 16 heavy (non-hydrogen) atoms. The van der Waals surface area contributed by atoms with E-state index >= 15 is 0 Å². The molecule has 0 aliphatic carbocycles. The van der Waals surface area contributed by atoms with Crippen LogP contribution in [0.5, 0.6) is 0 Å². The highest BCUT2D eigenvalue weighted by molar-refractivity contribution is 5.81. The van der Waals surface area contributed by atoms with Gasteiger partial charge in [0.15, 0.2) is 0 Å². The van der Waals surface area contributed by atoms with Gasteiger partial charge in [-0.15, -0.1) is 0 Å². The lowest BCUT2D eigenvalue weighted by Gasteiger charge is -2.12. The van der Waals surface area contributed by atoms with Crippen LogP contribution in [0.25, 0.3) is 0 Å². The van der Waals surface area contributed by atoms with E-state index in [-0.39, 0.29) is 11.9 Å². The number of benzene rings is 1. The highest BCUT2D eigenvalue weighted by Gasteiger charge is 2.03. The van der Waals surface area contributed by atoms with Crippen LogP contribution in [0.3, 0.4) is 0 Å². The summed E-state index contributed by atoms with van der Waals surface area (Å²) in [5.74, 6) is 0.0231. The van der Waals surface area contributed by atoms with Gasteiger partial charge in [-0.2, -0.15) is 0 Å². The van der Waals surface area contributed by atoms with E-state index in [4.69, 9.17) is 0 Å². The van der Waals surface area contributed by atoms with Gasteiger partial charge in [0.25, 0.3) is 0 Å². The SMILES string of the molecule is Cc1ccc(NCC(=O)NC(C)C)c(C)c1. The number of rotatable bonds is 4. The van der Waals surface area contributed by atoms with Crippen LogP contribution in [0.4, 0.5) is 5.69 Å². The number of carbonyl (C=O) groups excluding carboxylic acids is 1. The Morgan fingerprint density at radius 1 is 1.31 bits per heavy atom. The molecule has 0 aromatic heterocycles. The van der Waals surface area contributed by atoms with Crippen molar-refractivity contribution in [1.29, 1.82) is 0 Å². The first-order valence-corrected chi connectivity index (χ1v) is 5.59. The minimum absolute atomic E-state index is 0.0231. The number of aryl methyl sites for hydroxylation is 2. The highest BCUT2D eigenvalue weighted by Crippen LogP contribution is 2.15. The molecule has 0 spiro atoms. The zero-order valence-corrected chi connectivity index (χ0v) is 10.4. The normalized spacial score (nSPS) is 10.3. The van der Waals surface area contributed by atoms with Gasteiger partial charge in [-0.05, 0) is 39.3 Å². The number of anilines is 1. The lowest BCUT2D eigenvalue weighted by atomic mass is 10.1. The zero-order valence-electron chi connectivity index (χ0n) is 10.4. The molecule has 0 aliphatic heterocycles. The topological polar surface area (TPSA) is 41.1 Å². The van der Waals surface area contributed by atoms with Crippen molar-refractivity contribution in [3.63, 3.8) is 0 Å². The molecule has 1 aromatic rings. The average molecular weight is 220 g/mol. The standard InChI is InChI=1S/C13H20N2O/c1-9(2)15-13(16)8-14-12-6-5-10(3)7-11(12)4/h5-7,9,14H,8H2,1-4H3,(H,15,16). The molecule has 1 aromatic carbocycles. The van der Waals surface area contributed by atoms with Gasteiger partial charge in [-0.25, -0.2) is 0 Å². The van der Waals surface area contributed by atoms with E-state index in [1.54, 1.807) is 0 Å². The lowest BCUT2D eigenvalue weighted by Crippen LogP contribution is -2.34. The van der Waals surface area contributed by atoms with E-state index in [2.05, 4.69) is 23.6 Å². The second kappa shape index (κ2) is 5.54. The van der Waals surface area contributed by atoms with Gasteiger partial charge in [-0.1, -0.05) is 17.7 Å². The van der Waals surface area contributed by atoms with Crippen molar-refractivity contribution in [2.45, 2.75) is 33.7 Å². The van der Waals surface area contributed by atoms with Crippen molar-refractivity contribution < 1.29 is 4.79 Å². The number of amides is 1. The summed E-state index contributed by atoms with van der Waals surface area (Å²) in [5, 5.41) is 5.98. The largest absolute Gasteiger partial charge is 0.376 e. The molecule has 1 amide bonds. The third kappa shape index (κ3) is 3.93. The van der Waals surface area contributed by atoms with Crippen molar-refractivity contribution in [3.05, 3.63) is 29.3 Å². The first-order chi connectivity index (χ1) is 7.49. The van der Waals surface area contributed by atoms with Gasteiger partial charge in [-0.3, -0.25) is 4.79 Å². The van der Waals surface area contributed by atoms with Gasteiger partial charge in [0.05, 0.1) is 6.54 Å². The molecule has 0 saturated heterocycles. The Labute approximate surface area is 97.2 Å². The predicted octanol–water partition coefficient (Wildman–Crippen LogP) is 2.24. The fraction of sp³-hybridized carbons (Fsp3) is 0.462. The number of hydrogen-bond acceptors (Lipinski definition) is 2. The summed E-state index contributed by atoms with van der Waals surface area (Å²) >= 11 is 0. The molecule has 3 heteroatoms. The van der Waals surface area contributed by atoms with E-state index in [1.165, 1.54) is 5.56 Å². The van der Waals surface area contributed by atoms with Crippen LogP contribution in [0.1, 0.15) is 25.0 Å². The van der Waals surface area contributed by atoms with Crippen molar-refractivity contribution in [1.82, 2.24) is 5.32 Å². The summed E-state index contributed by atoms with van der Waals surface area (Å²) in [4.78, 5) is 11.4. The zero-order chi connectivity index (χ0) is 12.1. The molecular formula is C13H20N2O. The number of nitrogens with one attached hydrogen (secondary N) is 2.